The first-order valence-corrected chi connectivity index (χ1v) is 8.60. The van der Waals surface area contributed by atoms with Gasteiger partial charge in [0.2, 0.25) is 5.91 Å². The van der Waals surface area contributed by atoms with Gasteiger partial charge in [-0.05, 0) is 44.4 Å². The highest BCUT2D eigenvalue weighted by atomic mass is 35.5. The molecule has 0 saturated carbocycles. The molecular weight excluding hydrogens is 328 g/mol. The third kappa shape index (κ3) is 4.41. The summed E-state index contributed by atoms with van der Waals surface area (Å²) in [4.78, 5) is 28.1. The Bertz CT molecular complexity index is 618. The van der Waals surface area contributed by atoms with E-state index in [4.69, 9.17) is 16.3 Å². The summed E-state index contributed by atoms with van der Waals surface area (Å²) >= 11 is 6.13. The van der Waals surface area contributed by atoms with Gasteiger partial charge in [0.15, 0.2) is 6.10 Å². The van der Waals surface area contributed by atoms with Gasteiger partial charge >= 0.3 is 0 Å². The molecule has 1 aromatic rings. The van der Waals surface area contributed by atoms with Crippen LogP contribution in [0.5, 0.6) is 5.75 Å². The van der Waals surface area contributed by atoms with Crippen molar-refractivity contribution in [3.05, 3.63) is 28.8 Å². The maximum absolute atomic E-state index is 12.7. The lowest BCUT2D eigenvalue weighted by Crippen LogP contribution is -2.48. The minimum atomic E-state index is -0.641. The molecule has 0 spiro atoms. The molecule has 0 radical (unpaired) electrons. The van der Waals surface area contributed by atoms with Crippen molar-refractivity contribution in [3.8, 4) is 5.75 Å². The minimum absolute atomic E-state index is 0.0720. The molecule has 6 heteroatoms. The molecule has 1 aliphatic heterocycles. The second kappa shape index (κ2) is 7.88. The number of rotatable bonds is 4. The van der Waals surface area contributed by atoms with Crippen molar-refractivity contribution in [2.45, 2.75) is 32.8 Å². The quantitative estimate of drug-likeness (QED) is 0.837. The van der Waals surface area contributed by atoms with Crippen LogP contribution in [0.2, 0.25) is 5.02 Å². The topological polar surface area (TPSA) is 49.9 Å². The van der Waals surface area contributed by atoms with Gasteiger partial charge in [-0.15, -0.1) is 0 Å². The van der Waals surface area contributed by atoms with Crippen LogP contribution in [0.3, 0.4) is 0 Å². The van der Waals surface area contributed by atoms with Crippen molar-refractivity contribution in [2.75, 3.05) is 27.2 Å². The Kier molecular flexibility index (Phi) is 6.10. The van der Waals surface area contributed by atoms with Crippen molar-refractivity contribution in [1.82, 2.24) is 9.80 Å². The molecule has 132 valence electrons. The molecule has 2 atom stereocenters. The van der Waals surface area contributed by atoms with E-state index in [9.17, 15) is 9.59 Å². The van der Waals surface area contributed by atoms with Crippen LogP contribution in [0.1, 0.15) is 25.3 Å². The lowest BCUT2D eigenvalue weighted by Gasteiger charge is -2.34. The van der Waals surface area contributed by atoms with Crippen molar-refractivity contribution in [2.24, 2.45) is 5.92 Å². The van der Waals surface area contributed by atoms with Gasteiger partial charge in [0, 0.05) is 27.2 Å². The molecule has 0 N–H and O–H groups in total. The number of ether oxygens (including phenoxy) is 1. The summed E-state index contributed by atoms with van der Waals surface area (Å²) in [6.07, 6.45) is 1.01. The van der Waals surface area contributed by atoms with E-state index < -0.39 is 6.10 Å². The number of benzene rings is 1. The number of carbonyl (C=O) groups excluding carboxylic acids is 2. The summed E-state index contributed by atoms with van der Waals surface area (Å²) < 4.78 is 5.77. The zero-order chi connectivity index (χ0) is 17.9. The van der Waals surface area contributed by atoms with Gasteiger partial charge in [-0.2, -0.15) is 0 Å². The molecule has 1 aromatic carbocycles. The molecule has 0 bridgehead atoms. The SMILES string of the molecule is Cc1ccc(Cl)c(O[C@@H](C)C(=O)N2CCC[C@H](C(=O)N(C)C)C2)c1. The summed E-state index contributed by atoms with van der Waals surface area (Å²) in [6, 6.07) is 5.47. The molecule has 1 heterocycles. The molecule has 2 rings (SSSR count). The van der Waals surface area contributed by atoms with Gasteiger partial charge in [0.05, 0.1) is 10.9 Å². The molecule has 5 nitrogen and oxygen atoms in total. The van der Waals surface area contributed by atoms with E-state index in [-0.39, 0.29) is 17.7 Å². The standard InChI is InChI=1S/C18H25ClN2O3/c1-12-7-8-15(19)16(10-12)24-13(2)17(22)21-9-5-6-14(11-21)18(23)20(3)4/h7-8,10,13-14H,5-6,9,11H2,1-4H3/t13-,14-/m0/s1. The van der Waals surface area contributed by atoms with Crippen LogP contribution in [0, 0.1) is 12.8 Å². The third-order valence-electron chi connectivity index (χ3n) is 4.26. The normalized spacial score (nSPS) is 18.9. The molecule has 0 unspecified atom stereocenters. The number of hydrogen-bond donors (Lipinski definition) is 0. The number of hydrogen-bond acceptors (Lipinski definition) is 3. The van der Waals surface area contributed by atoms with E-state index in [0.29, 0.717) is 23.9 Å². The number of halogens is 1. The summed E-state index contributed by atoms with van der Waals surface area (Å²) in [7, 11) is 3.49. The van der Waals surface area contributed by atoms with Crippen molar-refractivity contribution >= 4 is 23.4 Å². The maximum atomic E-state index is 12.7. The molecule has 0 aliphatic carbocycles. The van der Waals surface area contributed by atoms with Gasteiger partial charge in [0.25, 0.3) is 5.91 Å². The fourth-order valence-corrected chi connectivity index (χ4v) is 3.10. The van der Waals surface area contributed by atoms with Gasteiger partial charge in [-0.3, -0.25) is 9.59 Å². The Labute approximate surface area is 148 Å². The zero-order valence-corrected chi connectivity index (χ0v) is 15.5. The number of amides is 2. The second-order valence-corrected chi connectivity index (χ2v) is 6.96. The lowest BCUT2D eigenvalue weighted by molar-refractivity contribution is -0.143. The highest BCUT2D eigenvalue weighted by Gasteiger charge is 2.31. The fraction of sp³-hybridized carbons (Fsp3) is 0.556. The van der Waals surface area contributed by atoms with E-state index in [1.165, 1.54) is 0 Å². The smallest absolute Gasteiger partial charge is 0.263 e. The van der Waals surface area contributed by atoms with Crippen LogP contribution in [0.25, 0.3) is 0 Å². The molecule has 24 heavy (non-hydrogen) atoms. The largest absolute Gasteiger partial charge is 0.479 e. The first kappa shape index (κ1) is 18.6. The van der Waals surface area contributed by atoms with E-state index in [1.807, 2.05) is 19.1 Å². The van der Waals surface area contributed by atoms with E-state index >= 15 is 0 Å². The number of piperidine rings is 1. The first-order valence-electron chi connectivity index (χ1n) is 8.22. The van der Waals surface area contributed by atoms with E-state index in [2.05, 4.69) is 0 Å². The van der Waals surface area contributed by atoms with Gasteiger partial charge < -0.3 is 14.5 Å². The Morgan fingerprint density at radius 2 is 2.08 bits per heavy atom. The van der Waals surface area contributed by atoms with Crippen LogP contribution >= 0.6 is 11.6 Å². The summed E-state index contributed by atoms with van der Waals surface area (Å²) in [5, 5.41) is 0.486. The number of carbonyl (C=O) groups is 2. The monoisotopic (exact) mass is 352 g/mol. The van der Waals surface area contributed by atoms with Crippen molar-refractivity contribution in [1.29, 1.82) is 0 Å². The molecule has 0 aromatic heterocycles. The van der Waals surface area contributed by atoms with Crippen LogP contribution < -0.4 is 4.74 Å². The predicted molar refractivity (Wildman–Crippen MR) is 94.3 cm³/mol. The Morgan fingerprint density at radius 1 is 1.38 bits per heavy atom. The number of likely N-dealkylation sites (tertiary alicyclic amines) is 1. The lowest BCUT2D eigenvalue weighted by atomic mass is 9.96. The van der Waals surface area contributed by atoms with Crippen LogP contribution in [0.4, 0.5) is 0 Å². The van der Waals surface area contributed by atoms with E-state index in [1.54, 1.807) is 36.9 Å². The molecular formula is C18H25ClN2O3. The maximum Gasteiger partial charge on any atom is 0.263 e. The Hall–Kier alpha value is -1.75. The van der Waals surface area contributed by atoms with Crippen LogP contribution in [-0.4, -0.2) is 54.9 Å². The minimum Gasteiger partial charge on any atom is -0.479 e. The summed E-state index contributed by atoms with van der Waals surface area (Å²) in [6.45, 7) is 4.77. The number of aryl methyl sites for hydroxylation is 1. The molecule has 1 fully saturated rings. The third-order valence-corrected chi connectivity index (χ3v) is 4.57. The van der Waals surface area contributed by atoms with E-state index in [0.717, 1.165) is 18.4 Å². The summed E-state index contributed by atoms with van der Waals surface area (Å²) in [5.41, 5.74) is 1.02. The zero-order valence-electron chi connectivity index (χ0n) is 14.7. The van der Waals surface area contributed by atoms with Gasteiger partial charge in [-0.25, -0.2) is 0 Å². The van der Waals surface area contributed by atoms with Crippen molar-refractivity contribution in [3.63, 3.8) is 0 Å². The van der Waals surface area contributed by atoms with Gasteiger partial charge in [-0.1, -0.05) is 17.7 Å². The average molecular weight is 353 g/mol. The molecule has 2 amide bonds. The first-order chi connectivity index (χ1) is 11.3. The molecule has 1 saturated heterocycles. The summed E-state index contributed by atoms with van der Waals surface area (Å²) in [5.74, 6) is 0.342. The van der Waals surface area contributed by atoms with Gasteiger partial charge in [0.1, 0.15) is 5.75 Å². The fourth-order valence-electron chi connectivity index (χ4n) is 2.94. The highest BCUT2D eigenvalue weighted by Crippen LogP contribution is 2.27. The Morgan fingerprint density at radius 3 is 2.75 bits per heavy atom. The van der Waals surface area contributed by atoms with Crippen molar-refractivity contribution < 1.29 is 14.3 Å². The Balaban J connectivity index is 2.02. The molecule has 1 aliphatic rings. The number of nitrogens with zero attached hydrogens (tertiary/aromatic N) is 2. The average Bonchev–Trinajstić information content (AvgIpc) is 2.56. The second-order valence-electron chi connectivity index (χ2n) is 6.55. The predicted octanol–water partition coefficient (Wildman–Crippen LogP) is 2.74. The van der Waals surface area contributed by atoms with Crippen LogP contribution in [0.15, 0.2) is 18.2 Å². The van der Waals surface area contributed by atoms with Crippen LogP contribution in [-0.2, 0) is 9.59 Å². The highest BCUT2D eigenvalue weighted by molar-refractivity contribution is 6.32.